The van der Waals surface area contributed by atoms with Gasteiger partial charge in [0.05, 0.1) is 17.7 Å². The number of carbonyl (C=O) groups is 1. The van der Waals surface area contributed by atoms with Crippen LogP contribution in [0.3, 0.4) is 0 Å². The highest BCUT2D eigenvalue weighted by atomic mass is 16.3. The van der Waals surface area contributed by atoms with E-state index in [-0.39, 0.29) is 17.4 Å². The molecule has 0 spiro atoms. The Morgan fingerprint density at radius 2 is 2.11 bits per heavy atom. The van der Waals surface area contributed by atoms with Gasteiger partial charge in [-0.2, -0.15) is 0 Å². The lowest BCUT2D eigenvalue weighted by molar-refractivity contribution is 0.0774. The number of likely N-dealkylation sites (tertiary alicyclic amines) is 1. The highest BCUT2D eigenvalue weighted by Crippen LogP contribution is 2.33. The van der Waals surface area contributed by atoms with Gasteiger partial charge in [-0.15, -0.1) is 0 Å². The van der Waals surface area contributed by atoms with Crippen LogP contribution in [0.1, 0.15) is 49.8 Å². The molecule has 1 N–H and O–H groups in total. The van der Waals surface area contributed by atoms with Crippen LogP contribution in [0.2, 0.25) is 0 Å². The van der Waals surface area contributed by atoms with E-state index in [1.807, 2.05) is 11.0 Å². The average molecular weight is 379 g/mol. The Balaban J connectivity index is 1.55. The van der Waals surface area contributed by atoms with Crippen LogP contribution < -0.4 is 5.32 Å². The molecule has 0 aliphatic carbocycles. The zero-order valence-corrected chi connectivity index (χ0v) is 16.6. The highest BCUT2D eigenvalue weighted by Gasteiger charge is 2.42. The number of rotatable bonds is 4. The van der Waals surface area contributed by atoms with Gasteiger partial charge in [-0.05, 0) is 18.1 Å². The number of nitrogens with zero attached hydrogens (tertiary/aromatic N) is 4. The van der Waals surface area contributed by atoms with E-state index >= 15 is 0 Å². The Hall–Kier alpha value is -2.96. The first-order valence-corrected chi connectivity index (χ1v) is 9.55. The van der Waals surface area contributed by atoms with Crippen LogP contribution in [0.4, 0.5) is 5.82 Å². The molecule has 1 saturated heterocycles. The van der Waals surface area contributed by atoms with Gasteiger partial charge >= 0.3 is 0 Å². The monoisotopic (exact) mass is 379 g/mol. The molecule has 0 radical (unpaired) electrons. The summed E-state index contributed by atoms with van der Waals surface area (Å²) in [5.74, 6) is 1.05. The third kappa shape index (κ3) is 3.32. The fourth-order valence-corrected chi connectivity index (χ4v) is 3.69. The largest absolute Gasteiger partial charge is 0.464 e. The van der Waals surface area contributed by atoms with Gasteiger partial charge in [0.1, 0.15) is 23.4 Å². The van der Waals surface area contributed by atoms with E-state index in [4.69, 9.17) is 4.42 Å². The molecule has 3 aromatic rings. The van der Waals surface area contributed by atoms with Crippen LogP contribution in [0.25, 0.3) is 11.0 Å². The topological polar surface area (TPSA) is 84.2 Å². The maximum atomic E-state index is 13.2. The molecule has 0 aromatic carbocycles. The average Bonchev–Trinajstić information content (AvgIpc) is 3.25. The maximum absolute atomic E-state index is 13.2. The normalized spacial score (nSPS) is 18.8. The zero-order chi connectivity index (χ0) is 19.9. The second kappa shape index (κ2) is 6.89. The number of anilines is 1. The number of fused-ring (bicyclic) bond motifs is 1. The van der Waals surface area contributed by atoms with Crippen molar-refractivity contribution in [1.82, 2.24) is 19.9 Å². The molecule has 4 heterocycles. The quantitative estimate of drug-likeness (QED) is 0.744. The molecule has 1 amide bonds. The van der Waals surface area contributed by atoms with Gasteiger partial charge in [0.25, 0.3) is 5.91 Å². The van der Waals surface area contributed by atoms with Crippen LogP contribution in [0.5, 0.6) is 0 Å². The lowest BCUT2D eigenvalue weighted by Gasteiger charge is -2.26. The molecule has 28 heavy (non-hydrogen) atoms. The Morgan fingerprint density at radius 1 is 1.29 bits per heavy atom. The summed E-state index contributed by atoms with van der Waals surface area (Å²) in [7, 11) is 0. The van der Waals surface area contributed by atoms with Crippen molar-refractivity contribution in [2.75, 3.05) is 18.4 Å². The predicted octanol–water partition coefficient (Wildman–Crippen LogP) is 3.70. The first-order valence-electron chi connectivity index (χ1n) is 9.55. The number of pyridine rings is 1. The van der Waals surface area contributed by atoms with Crippen molar-refractivity contribution in [3.63, 3.8) is 0 Å². The maximum Gasteiger partial charge on any atom is 0.273 e. The summed E-state index contributed by atoms with van der Waals surface area (Å²) in [4.78, 5) is 28.0. The number of furan rings is 1. The van der Waals surface area contributed by atoms with Crippen LogP contribution in [0, 0.1) is 5.41 Å². The smallest absolute Gasteiger partial charge is 0.273 e. The Kier molecular flexibility index (Phi) is 4.53. The number of carbonyl (C=O) groups excluding carboxylic acids is 1. The highest BCUT2D eigenvalue weighted by molar-refractivity contribution is 6.04. The number of aromatic nitrogens is 3. The molecule has 1 atom stereocenters. The second-order valence-corrected chi connectivity index (χ2v) is 8.35. The Labute approximate surface area is 164 Å². The molecule has 1 aliphatic heterocycles. The summed E-state index contributed by atoms with van der Waals surface area (Å²) in [5, 5.41) is 4.26. The fraction of sp³-hybridized carbons (Fsp3) is 0.429. The van der Waals surface area contributed by atoms with Gasteiger partial charge in [-0.25, -0.2) is 9.97 Å². The van der Waals surface area contributed by atoms with Crippen molar-refractivity contribution in [1.29, 1.82) is 0 Å². The van der Waals surface area contributed by atoms with E-state index in [9.17, 15) is 4.79 Å². The van der Waals surface area contributed by atoms with Crippen LogP contribution in [-0.2, 0) is 0 Å². The van der Waals surface area contributed by atoms with Gasteiger partial charge in [0.2, 0.25) is 0 Å². The molecule has 3 aromatic heterocycles. The molecule has 1 aliphatic rings. The van der Waals surface area contributed by atoms with E-state index in [0.717, 1.165) is 16.9 Å². The summed E-state index contributed by atoms with van der Waals surface area (Å²) in [5.41, 5.74) is 2.00. The van der Waals surface area contributed by atoms with Crippen molar-refractivity contribution in [3.05, 3.63) is 48.4 Å². The molecule has 0 saturated carbocycles. The van der Waals surface area contributed by atoms with Crippen molar-refractivity contribution >= 4 is 22.7 Å². The number of hydrogen-bond acceptors (Lipinski definition) is 6. The number of hydrogen-bond donors (Lipinski definition) is 1. The van der Waals surface area contributed by atoms with E-state index < -0.39 is 0 Å². The van der Waals surface area contributed by atoms with Gasteiger partial charge in [0, 0.05) is 36.5 Å². The predicted molar refractivity (Wildman–Crippen MR) is 107 cm³/mol. The van der Waals surface area contributed by atoms with Crippen LogP contribution in [-0.4, -0.2) is 44.9 Å². The van der Waals surface area contributed by atoms with Crippen LogP contribution >= 0.6 is 0 Å². The molecular weight excluding hydrogens is 354 g/mol. The lowest BCUT2D eigenvalue weighted by Crippen LogP contribution is -2.35. The molecule has 0 bridgehead atoms. The van der Waals surface area contributed by atoms with Crippen molar-refractivity contribution < 1.29 is 9.21 Å². The molecule has 1 fully saturated rings. The molecule has 4 rings (SSSR count). The molecular formula is C21H25N5O2. The number of nitrogens with one attached hydrogen (secondary N) is 1. The summed E-state index contributed by atoms with van der Waals surface area (Å²) in [6.07, 6.45) is 4.79. The van der Waals surface area contributed by atoms with Crippen LogP contribution in [0.15, 0.2) is 41.4 Å². The minimum absolute atomic E-state index is 0.0741. The summed E-state index contributed by atoms with van der Waals surface area (Å²) in [6.45, 7) is 9.76. The van der Waals surface area contributed by atoms with Crippen molar-refractivity contribution in [2.24, 2.45) is 5.41 Å². The summed E-state index contributed by atoms with van der Waals surface area (Å²) < 4.78 is 5.41. The van der Waals surface area contributed by atoms with Gasteiger partial charge < -0.3 is 14.6 Å². The van der Waals surface area contributed by atoms with E-state index in [2.05, 4.69) is 48.0 Å². The second-order valence-electron chi connectivity index (χ2n) is 8.35. The van der Waals surface area contributed by atoms with Gasteiger partial charge in [-0.3, -0.25) is 9.78 Å². The minimum Gasteiger partial charge on any atom is -0.464 e. The SMILES string of the molecule is CC(C)c1cc(NC2CN(C(=O)c3nccc4occc34)CC2(C)C)ncn1. The zero-order valence-electron chi connectivity index (χ0n) is 16.6. The molecule has 7 heteroatoms. The fourth-order valence-electron chi connectivity index (χ4n) is 3.69. The first kappa shape index (κ1) is 18.4. The lowest BCUT2D eigenvalue weighted by atomic mass is 9.88. The Morgan fingerprint density at radius 3 is 2.89 bits per heavy atom. The van der Waals surface area contributed by atoms with Gasteiger partial charge in [0.15, 0.2) is 0 Å². The molecule has 146 valence electrons. The van der Waals surface area contributed by atoms with E-state index in [1.165, 1.54) is 0 Å². The van der Waals surface area contributed by atoms with Crippen molar-refractivity contribution in [2.45, 2.75) is 39.7 Å². The van der Waals surface area contributed by atoms with E-state index in [0.29, 0.717) is 30.3 Å². The van der Waals surface area contributed by atoms with Crippen molar-refractivity contribution in [3.8, 4) is 0 Å². The number of amides is 1. The standard InChI is InChI=1S/C21H25N5O2/c1-13(2)15-9-18(24-12-23-15)25-17-10-26(11-21(17,3)4)20(27)19-14-6-8-28-16(14)5-7-22-19/h5-9,12-13,17H,10-11H2,1-4H3,(H,23,24,25). The minimum atomic E-state index is -0.108. The van der Waals surface area contributed by atoms with E-state index in [1.54, 1.807) is 30.9 Å². The first-order chi connectivity index (χ1) is 13.3. The van der Waals surface area contributed by atoms with Gasteiger partial charge in [-0.1, -0.05) is 27.7 Å². The Bertz CT molecular complexity index is 1010. The molecule has 1 unspecified atom stereocenters. The third-order valence-electron chi connectivity index (χ3n) is 5.42. The summed E-state index contributed by atoms with van der Waals surface area (Å²) in [6, 6.07) is 5.63. The third-order valence-corrected chi connectivity index (χ3v) is 5.42. The summed E-state index contributed by atoms with van der Waals surface area (Å²) >= 11 is 0. The molecule has 7 nitrogen and oxygen atoms in total.